The van der Waals surface area contributed by atoms with Gasteiger partial charge in [0.15, 0.2) is 5.96 Å². The van der Waals surface area contributed by atoms with Crippen molar-refractivity contribution >= 4 is 11.6 Å². The largest absolute Gasteiger partial charge is 0.370 e. The van der Waals surface area contributed by atoms with Crippen molar-refractivity contribution in [1.29, 1.82) is 0 Å². The topological polar surface area (TPSA) is 63.3 Å². The van der Waals surface area contributed by atoms with Gasteiger partial charge in [-0.15, -0.1) is 0 Å². The second-order valence-electron chi connectivity index (χ2n) is 4.02. The number of nitrogens with two attached hydrogens (primary N) is 1. The minimum atomic E-state index is 0.395. The van der Waals surface area contributed by atoms with Gasteiger partial charge in [0.05, 0.1) is 12.2 Å². The van der Waals surface area contributed by atoms with E-state index in [9.17, 15) is 0 Å². The monoisotopic (exact) mass is 240 g/mol. The lowest BCUT2D eigenvalue weighted by molar-refractivity contribution is 0.985. The highest BCUT2D eigenvalue weighted by molar-refractivity contribution is 5.92. The first-order valence-corrected chi connectivity index (χ1v) is 5.77. The highest BCUT2D eigenvalue weighted by Gasteiger charge is 1.96. The van der Waals surface area contributed by atoms with Crippen LogP contribution in [0, 0.1) is 6.92 Å². The average Bonchev–Trinajstić information content (AvgIpc) is 2.38. The number of aryl methyl sites for hydroxylation is 1. The molecular weight excluding hydrogens is 224 g/mol. The molecule has 2 rings (SSSR count). The lowest BCUT2D eigenvalue weighted by Gasteiger charge is -2.06. The van der Waals surface area contributed by atoms with Crippen molar-refractivity contribution < 1.29 is 0 Å². The lowest BCUT2D eigenvalue weighted by Crippen LogP contribution is -2.22. The van der Waals surface area contributed by atoms with Crippen molar-refractivity contribution in [2.75, 3.05) is 5.32 Å². The SMILES string of the molecule is Cc1cccc(NC(N)=NCc2ccccn2)c1. The van der Waals surface area contributed by atoms with E-state index in [1.54, 1.807) is 6.20 Å². The smallest absolute Gasteiger partial charge is 0.193 e. The molecule has 0 saturated carbocycles. The van der Waals surface area contributed by atoms with E-state index in [-0.39, 0.29) is 0 Å². The van der Waals surface area contributed by atoms with E-state index < -0.39 is 0 Å². The van der Waals surface area contributed by atoms with Crippen molar-refractivity contribution in [2.24, 2.45) is 10.7 Å². The molecule has 0 aliphatic heterocycles. The first kappa shape index (κ1) is 12.1. The first-order chi connectivity index (χ1) is 8.74. The van der Waals surface area contributed by atoms with Gasteiger partial charge < -0.3 is 11.1 Å². The number of aromatic nitrogens is 1. The number of hydrogen-bond donors (Lipinski definition) is 2. The van der Waals surface area contributed by atoms with Gasteiger partial charge in [0.1, 0.15) is 0 Å². The molecular formula is C14H16N4. The molecule has 1 aromatic heterocycles. The molecule has 0 bridgehead atoms. The standard InChI is InChI=1S/C14H16N4/c1-11-5-4-7-12(9-11)18-14(15)17-10-13-6-2-3-8-16-13/h2-9H,10H2,1H3,(H3,15,17,18). The summed E-state index contributed by atoms with van der Waals surface area (Å²) in [5.74, 6) is 0.395. The Morgan fingerprint density at radius 3 is 2.89 bits per heavy atom. The molecule has 3 N–H and O–H groups in total. The number of rotatable bonds is 3. The minimum absolute atomic E-state index is 0.395. The van der Waals surface area contributed by atoms with Crippen molar-refractivity contribution in [2.45, 2.75) is 13.5 Å². The zero-order valence-electron chi connectivity index (χ0n) is 10.3. The fourth-order valence-corrected chi connectivity index (χ4v) is 1.57. The van der Waals surface area contributed by atoms with Crippen LogP contribution in [-0.2, 0) is 6.54 Å². The molecule has 18 heavy (non-hydrogen) atoms. The van der Waals surface area contributed by atoms with Crippen LogP contribution in [-0.4, -0.2) is 10.9 Å². The van der Waals surface area contributed by atoms with Gasteiger partial charge in [-0.1, -0.05) is 18.2 Å². The maximum Gasteiger partial charge on any atom is 0.193 e. The quantitative estimate of drug-likeness (QED) is 0.639. The Kier molecular flexibility index (Phi) is 3.91. The highest BCUT2D eigenvalue weighted by atomic mass is 15.1. The van der Waals surface area contributed by atoms with E-state index in [0.29, 0.717) is 12.5 Å². The predicted octanol–water partition coefficient (Wildman–Crippen LogP) is 2.32. The summed E-state index contributed by atoms with van der Waals surface area (Å²) in [5.41, 5.74) is 8.83. The summed E-state index contributed by atoms with van der Waals surface area (Å²) in [7, 11) is 0. The Bertz CT molecular complexity index is 535. The van der Waals surface area contributed by atoms with Crippen LogP contribution in [0.1, 0.15) is 11.3 Å². The highest BCUT2D eigenvalue weighted by Crippen LogP contribution is 2.08. The maximum atomic E-state index is 5.81. The number of anilines is 1. The minimum Gasteiger partial charge on any atom is -0.370 e. The van der Waals surface area contributed by atoms with E-state index >= 15 is 0 Å². The van der Waals surface area contributed by atoms with Crippen LogP contribution in [0.2, 0.25) is 0 Å². The first-order valence-electron chi connectivity index (χ1n) is 5.77. The zero-order valence-corrected chi connectivity index (χ0v) is 10.3. The summed E-state index contributed by atoms with van der Waals surface area (Å²) < 4.78 is 0. The van der Waals surface area contributed by atoms with Gasteiger partial charge in [-0.3, -0.25) is 4.98 Å². The van der Waals surface area contributed by atoms with E-state index in [2.05, 4.69) is 15.3 Å². The van der Waals surface area contributed by atoms with Gasteiger partial charge in [-0.25, -0.2) is 4.99 Å². The van der Waals surface area contributed by atoms with Gasteiger partial charge in [-0.2, -0.15) is 0 Å². The summed E-state index contributed by atoms with van der Waals surface area (Å²) in [6.45, 7) is 2.51. The normalized spacial score (nSPS) is 11.3. The molecule has 4 nitrogen and oxygen atoms in total. The van der Waals surface area contributed by atoms with Crippen LogP contribution in [0.15, 0.2) is 53.7 Å². The molecule has 0 unspecified atom stereocenters. The Labute approximate surface area is 107 Å². The number of nitrogens with zero attached hydrogens (tertiary/aromatic N) is 2. The van der Waals surface area contributed by atoms with Gasteiger partial charge >= 0.3 is 0 Å². The molecule has 1 aromatic carbocycles. The molecule has 1 heterocycles. The molecule has 92 valence electrons. The fraction of sp³-hybridized carbons (Fsp3) is 0.143. The fourth-order valence-electron chi connectivity index (χ4n) is 1.57. The number of nitrogens with one attached hydrogen (secondary N) is 1. The molecule has 0 radical (unpaired) electrons. The van der Waals surface area contributed by atoms with Crippen LogP contribution in [0.3, 0.4) is 0 Å². The van der Waals surface area contributed by atoms with Crippen molar-refractivity contribution in [3.05, 3.63) is 59.9 Å². The lowest BCUT2D eigenvalue weighted by atomic mass is 10.2. The van der Waals surface area contributed by atoms with Gasteiger partial charge in [-0.05, 0) is 36.8 Å². The average molecular weight is 240 g/mol. The molecule has 4 heteroatoms. The molecule has 0 amide bonds. The van der Waals surface area contributed by atoms with Crippen LogP contribution >= 0.6 is 0 Å². The van der Waals surface area contributed by atoms with Crippen molar-refractivity contribution in [3.63, 3.8) is 0 Å². The number of aliphatic imine (C=N–C) groups is 1. The van der Waals surface area contributed by atoms with Crippen LogP contribution < -0.4 is 11.1 Å². The van der Waals surface area contributed by atoms with Crippen LogP contribution in [0.25, 0.3) is 0 Å². The molecule has 0 aliphatic carbocycles. The Balaban J connectivity index is 1.97. The number of benzene rings is 1. The van der Waals surface area contributed by atoms with E-state index in [1.807, 2.05) is 49.4 Å². The molecule has 0 spiro atoms. The zero-order chi connectivity index (χ0) is 12.8. The van der Waals surface area contributed by atoms with Gasteiger partial charge in [0, 0.05) is 11.9 Å². The summed E-state index contributed by atoms with van der Waals surface area (Å²) in [6.07, 6.45) is 1.75. The third kappa shape index (κ3) is 3.59. The van der Waals surface area contributed by atoms with Gasteiger partial charge in [0.2, 0.25) is 0 Å². The number of hydrogen-bond acceptors (Lipinski definition) is 2. The summed E-state index contributed by atoms with van der Waals surface area (Å²) in [5, 5.41) is 3.05. The maximum absolute atomic E-state index is 5.81. The second kappa shape index (κ2) is 5.82. The molecule has 0 fully saturated rings. The van der Waals surface area contributed by atoms with Crippen LogP contribution in [0.4, 0.5) is 5.69 Å². The Morgan fingerprint density at radius 1 is 1.28 bits per heavy atom. The summed E-state index contributed by atoms with van der Waals surface area (Å²) in [6, 6.07) is 13.7. The molecule has 0 aliphatic rings. The van der Waals surface area contributed by atoms with Crippen LogP contribution in [0.5, 0.6) is 0 Å². The van der Waals surface area contributed by atoms with Crippen molar-refractivity contribution in [1.82, 2.24) is 4.98 Å². The Hall–Kier alpha value is -2.36. The number of pyridine rings is 1. The van der Waals surface area contributed by atoms with E-state index in [0.717, 1.165) is 11.4 Å². The third-order valence-corrected chi connectivity index (χ3v) is 2.43. The van der Waals surface area contributed by atoms with Crippen molar-refractivity contribution in [3.8, 4) is 0 Å². The number of guanidine groups is 1. The van der Waals surface area contributed by atoms with E-state index in [1.165, 1.54) is 5.56 Å². The van der Waals surface area contributed by atoms with E-state index in [4.69, 9.17) is 5.73 Å². The summed E-state index contributed by atoms with van der Waals surface area (Å²) in [4.78, 5) is 8.42. The Morgan fingerprint density at radius 2 is 2.17 bits per heavy atom. The molecule has 0 atom stereocenters. The van der Waals surface area contributed by atoms with Gasteiger partial charge in [0.25, 0.3) is 0 Å². The predicted molar refractivity (Wildman–Crippen MR) is 74.4 cm³/mol. The molecule has 2 aromatic rings. The second-order valence-corrected chi connectivity index (χ2v) is 4.02. The third-order valence-electron chi connectivity index (χ3n) is 2.43. The molecule has 0 saturated heterocycles. The summed E-state index contributed by atoms with van der Waals surface area (Å²) >= 11 is 0.